The molecular formula is C10H13N5O2S2. The van der Waals surface area contributed by atoms with Gasteiger partial charge in [-0.2, -0.15) is 22.3 Å². The Morgan fingerprint density at radius 1 is 1.37 bits per heavy atom. The summed E-state index contributed by atoms with van der Waals surface area (Å²) < 4.78 is 36.2. The summed E-state index contributed by atoms with van der Waals surface area (Å²) in [5.74, 6) is 0.240. The maximum absolute atomic E-state index is 12.3. The highest BCUT2D eigenvalue weighted by Crippen LogP contribution is 2.31. The summed E-state index contributed by atoms with van der Waals surface area (Å²) in [6.07, 6.45) is 7.09. The van der Waals surface area contributed by atoms with Gasteiger partial charge in [-0.3, -0.25) is 4.72 Å². The van der Waals surface area contributed by atoms with Crippen LogP contribution in [0.25, 0.3) is 0 Å². The Morgan fingerprint density at radius 3 is 2.84 bits per heavy atom. The van der Waals surface area contributed by atoms with Crippen LogP contribution in [0.5, 0.6) is 0 Å². The Hall–Kier alpha value is -1.48. The Morgan fingerprint density at radius 2 is 2.16 bits per heavy atom. The fraction of sp³-hybridized carbons (Fsp3) is 0.500. The van der Waals surface area contributed by atoms with Gasteiger partial charge >= 0.3 is 0 Å². The van der Waals surface area contributed by atoms with Crippen molar-refractivity contribution in [2.75, 3.05) is 4.72 Å². The van der Waals surface area contributed by atoms with E-state index in [2.05, 4.69) is 18.6 Å². The smallest absolute Gasteiger partial charge is 0.260 e. The number of aromatic nitrogens is 4. The molecule has 0 saturated heterocycles. The van der Waals surface area contributed by atoms with Crippen LogP contribution < -0.4 is 4.72 Å². The molecule has 0 amide bonds. The lowest BCUT2D eigenvalue weighted by molar-refractivity contribution is 0.428. The first-order chi connectivity index (χ1) is 9.17. The van der Waals surface area contributed by atoms with Crippen molar-refractivity contribution in [1.82, 2.24) is 18.5 Å². The Bertz CT molecular complexity index is 643. The molecule has 0 aliphatic heterocycles. The third-order valence-corrected chi connectivity index (χ3v) is 5.01. The molecule has 19 heavy (non-hydrogen) atoms. The first-order valence-electron chi connectivity index (χ1n) is 6.01. The second-order valence-corrected chi connectivity index (χ2v) is 6.64. The standard InChI is InChI=1S/C10H13N5O2S2/c16-19(17,14-9-7-12-18-13-9)10-5-6-11-15(10)8-3-1-2-4-8/h5-8H,1-4H2,(H,13,14). The second kappa shape index (κ2) is 4.89. The van der Waals surface area contributed by atoms with Crippen molar-refractivity contribution in [3.05, 3.63) is 18.5 Å². The van der Waals surface area contributed by atoms with E-state index in [1.807, 2.05) is 0 Å². The van der Waals surface area contributed by atoms with E-state index in [-0.39, 0.29) is 16.9 Å². The van der Waals surface area contributed by atoms with Crippen LogP contribution in [-0.2, 0) is 10.0 Å². The van der Waals surface area contributed by atoms with Crippen LogP contribution in [0.3, 0.4) is 0 Å². The summed E-state index contributed by atoms with van der Waals surface area (Å²) in [4.78, 5) is 0. The minimum Gasteiger partial charge on any atom is -0.260 e. The maximum atomic E-state index is 12.3. The molecule has 1 fully saturated rings. The normalized spacial score (nSPS) is 16.8. The van der Waals surface area contributed by atoms with Crippen molar-refractivity contribution in [2.45, 2.75) is 36.8 Å². The fourth-order valence-corrected chi connectivity index (χ4v) is 3.93. The van der Waals surface area contributed by atoms with Crippen molar-refractivity contribution < 1.29 is 8.42 Å². The highest BCUT2D eigenvalue weighted by atomic mass is 32.2. The molecule has 2 heterocycles. The van der Waals surface area contributed by atoms with Gasteiger partial charge in [0.25, 0.3) is 10.0 Å². The average molecular weight is 299 g/mol. The molecule has 0 bridgehead atoms. The van der Waals surface area contributed by atoms with E-state index in [0.29, 0.717) is 0 Å². The lowest BCUT2D eigenvalue weighted by Crippen LogP contribution is -2.20. The van der Waals surface area contributed by atoms with E-state index in [1.165, 1.54) is 18.5 Å². The fourth-order valence-electron chi connectivity index (χ4n) is 2.34. The lowest BCUT2D eigenvalue weighted by Gasteiger charge is -2.14. The second-order valence-electron chi connectivity index (χ2n) is 4.45. The Balaban J connectivity index is 1.91. The molecule has 1 aliphatic carbocycles. The van der Waals surface area contributed by atoms with Gasteiger partial charge in [0, 0.05) is 0 Å². The van der Waals surface area contributed by atoms with Crippen LogP contribution in [-0.4, -0.2) is 26.9 Å². The van der Waals surface area contributed by atoms with Crippen LogP contribution in [0.1, 0.15) is 31.7 Å². The number of hydrogen-bond acceptors (Lipinski definition) is 6. The molecule has 9 heteroatoms. The maximum Gasteiger partial charge on any atom is 0.280 e. The van der Waals surface area contributed by atoms with E-state index in [9.17, 15) is 8.42 Å². The summed E-state index contributed by atoms with van der Waals surface area (Å²) in [6, 6.07) is 1.69. The monoisotopic (exact) mass is 299 g/mol. The number of sulfonamides is 1. The van der Waals surface area contributed by atoms with E-state index < -0.39 is 10.0 Å². The predicted molar refractivity (Wildman–Crippen MR) is 70.4 cm³/mol. The summed E-state index contributed by atoms with van der Waals surface area (Å²) >= 11 is 0.958. The predicted octanol–water partition coefficient (Wildman–Crippen LogP) is 1.65. The van der Waals surface area contributed by atoms with Gasteiger partial charge in [0.05, 0.1) is 30.2 Å². The van der Waals surface area contributed by atoms with Crippen LogP contribution in [0.4, 0.5) is 5.82 Å². The van der Waals surface area contributed by atoms with Crippen molar-refractivity contribution in [3.63, 3.8) is 0 Å². The van der Waals surface area contributed by atoms with Gasteiger partial charge in [-0.25, -0.2) is 4.68 Å². The minimum absolute atomic E-state index is 0.176. The molecule has 0 radical (unpaired) electrons. The number of hydrogen-bond donors (Lipinski definition) is 1. The zero-order valence-corrected chi connectivity index (χ0v) is 11.7. The van der Waals surface area contributed by atoms with Gasteiger partial charge in [0.1, 0.15) is 0 Å². The van der Waals surface area contributed by atoms with Crippen LogP contribution in [0.15, 0.2) is 23.5 Å². The summed E-state index contributed by atoms with van der Waals surface area (Å²) in [6.45, 7) is 0. The molecule has 2 aromatic heterocycles. The van der Waals surface area contributed by atoms with E-state index >= 15 is 0 Å². The number of anilines is 1. The molecule has 102 valence electrons. The Kier molecular flexibility index (Phi) is 3.23. The molecule has 0 atom stereocenters. The molecule has 2 aromatic rings. The van der Waals surface area contributed by atoms with Crippen LogP contribution in [0.2, 0.25) is 0 Å². The molecular weight excluding hydrogens is 286 g/mol. The van der Waals surface area contributed by atoms with E-state index in [0.717, 1.165) is 37.4 Å². The largest absolute Gasteiger partial charge is 0.280 e. The zero-order valence-electron chi connectivity index (χ0n) is 10.1. The molecule has 0 spiro atoms. The third-order valence-electron chi connectivity index (χ3n) is 3.18. The van der Waals surface area contributed by atoms with Gasteiger partial charge in [-0.05, 0) is 18.9 Å². The van der Waals surface area contributed by atoms with Crippen LogP contribution in [0, 0.1) is 0 Å². The van der Waals surface area contributed by atoms with E-state index in [4.69, 9.17) is 0 Å². The first kappa shape index (κ1) is 12.5. The van der Waals surface area contributed by atoms with Gasteiger partial charge in [-0.1, -0.05) is 12.8 Å². The number of nitrogens with zero attached hydrogens (tertiary/aromatic N) is 4. The van der Waals surface area contributed by atoms with Gasteiger partial charge in [0.2, 0.25) is 0 Å². The quantitative estimate of drug-likeness (QED) is 0.927. The summed E-state index contributed by atoms with van der Waals surface area (Å²) in [5, 5.41) is 4.35. The van der Waals surface area contributed by atoms with Crippen molar-refractivity contribution in [3.8, 4) is 0 Å². The Labute approximate surface area is 115 Å². The molecule has 1 N–H and O–H groups in total. The SMILES string of the molecule is O=S(=O)(Nc1cnsn1)c1ccnn1C1CCCC1. The van der Waals surface area contributed by atoms with Gasteiger partial charge < -0.3 is 0 Å². The highest BCUT2D eigenvalue weighted by molar-refractivity contribution is 7.92. The first-order valence-corrected chi connectivity index (χ1v) is 8.22. The van der Waals surface area contributed by atoms with Crippen molar-refractivity contribution >= 4 is 27.6 Å². The van der Waals surface area contributed by atoms with Gasteiger partial charge in [-0.15, -0.1) is 0 Å². The third kappa shape index (κ3) is 2.47. The highest BCUT2D eigenvalue weighted by Gasteiger charge is 2.26. The molecule has 1 saturated carbocycles. The zero-order chi connectivity index (χ0) is 13.3. The minimum atomic E-state index is -3.65. The van der Waals surface area contributed by atoms with E-state index in [1.54, 1.807) is 4.68 Å². The molecule has 1 aliphatic rings. The number of nitrogens with one attached hydrogen (secondary N) is 1. The van der Waals surface area contributed by atoms with Crippen molar-refractivity contribution in [1.29, 1.82) is 0 Å². The summed E-state index contributed by atoms with van der Waals surface area (Å²) in [5.41, 5.74) is 0. The average Bonchev–Trinajstić information content (AvgIpc) is 3.11. The molecule has 0 unspecified atom stereocenters. The molecule has 7 nitrogen and oxygen atoms in total. The topological polar surface area (TPSA) is 89.8 Å². The lowest BCUT2D eigenvalue weighted by atomic mass is 10.3. The molecule has 3 rings (SSSR count). The van der Waals surface area contributed by atoms with Crippen molar-refractivity contribution in [2.24, 2.45) is 0 Å². The number of rotatable bonds is 4. The van der Waals surface area contributed by atoms with Crippen LogP contribution >= 0.6 is 11.7 Å². The molecule has 0 aromatic carbocycles. The van der Waals surface area contributed by atoms with Gasteiger partial charge in [0.15, 0.2) is 10.8 Å². The summed E-state index contributed by atoms with van der Waals surface area (Å²) in [7, 11) is -3.65.